The molecule has 0 aliphatic rings. The number of benzene rings is 1. The Labute approximate surface area is 102 Å². The molecule has 1 atom stereocenters. The summed E-state index contributed by atoms with van der Waals surface area (Å²) in [4.78, 5) is 25.3. The number of isocyanates is 1. The third-order valence-electron chi connectivity index (χ3n) is 2.83. The highest BCUT2D eigenvalue weighted by Gasteiger charge is 2.09. The van der Waals surface area contributed by atoms with Crippen LogP contribution in [0.1, 0.15) is 42.6 Å². The largest absolute Gasteiger partial charge is 0.294 e. The number of carbonyl (C=O) groups excluding carboxylic acids is 2. The lowest BCUT2D eigenvalue weighted by molar-refractivity contribution is 0.0963. The minimum absolute atomic E-state index is 0.171. The molecule has 0 saturated carbocycles. The number of rotatable bonds is 6. The van der Waals surface area contributed by atoms with E-state index in [2.05, 4.69) is 18.8 Å². The Kier molecular flexibility index (Phi) is 5.31. The monoisotopic (exact) mass is 231 g/mol. The van der Waals surface area contributed by atoms with Gasteiger partial charge in [0.05, 0.1) is 6.54 Å². The van der Waals surface area contributed by atoms with Gasteiger partial charge >= 0.3 is 0 Å². The second kappa shape index (κ2) is 6.77. The summed E-state index contributed by atoms with van der Waals surface area (Å²) in [6.07, 6.45) is 3.09. The van der Waals surface area contributed by atoms with Crippen molar-refractivity contribution < 1.29 is 9.59 Å². The van der Waals surface area contributed by atoms with E-state index in [-0.39, 0.29) is 5.78 Å². The first-order valence-electron chi connectivity index (χ1n) is 5.83. The van der Waals surface area contributed by atoms with Gasteiger partial charge in [0.1, 0.15) is 0 Å². The molecule has 3 heteroatoms. The number of Topliss-reactive ketones (excluding diaryl/α,β-unsaturated/α-hetero) is 1. The highest BCUT2D eigenvalue weighted by atomic mass is 16.1. The Hall–Kier alpha value is -1.73. The third-order valence-corrected chi connectivity index (χ3v) is 2.83. The van der Waals surface area contributed by atoms with Crippen LogP contribution in [-0.2, 0) is 11.3 Å². The standard InChI is InChI=1S/C14H17NO2/c1-3-11(2)8-14(17)13-6-4-12(5-7-13)9-15-10-16/h4-7,11H,3,8-9H2,1-2H3. The molecule has 1 aromatic carbocycles. The summed E-state index contributed by atoms with van der Waals surface area (Å²) in [5.41, 5.74) is 1.64. The average Bonchev–Trinajstić information content (AvgIpc) is 2.36. The fourth-order valence-corrected chi connectivity index (χ4v) is 1.50. The van der Waals surface area contributed by atoms with E-state index in [4.69, 9.17) is 0 Å². The van der Waals surface area contributed by atoms with E-state index in [1.54, 1.807) is 12.1 Å². The van der Waals surface area contributed by atoms with E-state index in [1.165, 1.54) is 6.08 Å². The zero-order chi connectivity index (χ0) is 12.7. The highest BCUT2D eigenvalue weighted by molar-refractivity contribution is 5.96. The van der Waals surface area contributed by atoms with Gasteiger partial charge in [-0.15, -0.1) is 0 Å². The maximum atomic E-state index is 11.9. The molecule has 1 aromatic rings. The van der Waals surface area contributed by atoms with E-state index in [0.29, 0.717) is 18.9 Å². The van der Waals surface area contributed by atoms with E-state index in [1.807, 2.05) is 12.1 Å². The Balaban J connectivity index is 2.66. The maximum absolute atomic E-state index is 11.9. The Morgan fingerprint density at radius 1 is 1.35 bits per heavy atom. The smallest absolute Gasteiger partial charge is 0.235 e. The SMILES string of the molecule is CCC(C)CC(=O)c1ccc(CN=C=O)cc1. The second-order valence-corrected chi connectivity index (χ2v) is 4.25. The lowest BCUT2D eigenvalue weighted by Crippen LogP contribution is -2.05. The first-order valence-corrected chi connectivity index (χ1v) is 5.83. The van der Waals surface area contributed by atoms with Crippen molar-refractivity contribution in [2.24, 2.45) is 10.9 Å². The van der Waals surface area contributed by atoms with E-state index >= 15 is 0 Å². The summed E-state index contributed by atoms with van der Waals surface area (Å²) < 4.78 is 0. The van der Waals surface area contributed by atoms with Gasteiger partial charge in [-0.05, 0) is 11.5 Å². The molecule has 0 saturated heterocycles. The summed E-state index contributed by atoms with van der Waals surface area (Å²) in [7, 11) is 0. The van der Waals surface area contributed by atoms with Crippen molar-refractivity contribution in [3.63, 3.8) is 0 Å². The normalized spacial score (nSPS) is 11.6. The zero-order valence-electron chi connectivity index (χ0n) is 10.3. The minimum atomic E-state index is 0.171. The van der Waals surface area contributed by atoms with Gasteiger partial charge < -0.3 is 0 Å². The molecule has 0 heterocycles. The molecule has 3 nitrogen and oxygen atoms in total. The number of ketones is 1. The van der Waals surface area contributed by atoms with Gasteiger partial charge in [-0.25, -0.2) is 9.79 Å². The van der Waals surface area contributed by atoms with Crippen LogP contribution < -0.4 is 0 Å². The fourth-order valence-electron chi connectivity index (χ4n) is 1.50. The van der Waals surface area contributed by atoms with Crippen molar-refractivity contribution in [1.82, 2.24) is 0 Å². The van der Waals surface area contributed by atoms with Crippen molar-refractivity contribution in [2.75, 3.05) is 0 Å². The van der Waals surface area contributed by atoms with Crippen LogP contribution in [0, 0.1) is 5.92 Å². The maximum Gasteiger partial charge on any atom is 0.235 e. The van der Waals surface area contributed by atoms with Gasteiger partial charge in [0.25, 0.3) is 0 Å². The van der Waals surface area contributed by atoms with Crippen LogP contribution in [-0.4, -0.2) is 11.9 Å². The van der Waals surface area contributed by atoms with E-state index in [9.17, 15) is 9.59 Å². The van der Waals surface area contributed by atoms with Crippen LogP contribution in [0.15, 0.2) is 29.3 Å². The van der Waals surface area contributed by atoms with E-state index in [0.717, 1.165) is 17.5 Å². The van der Waals surface area contributed by atoms with Gasteiger partial charge in [-0.3, -0.25) is 4.79 Å². The summed E-state index contributed by atoms with van der Waals surface area (Å²) in [5.74, 6) is 0.589. The van der Waals surface area contributed by atoms with Crippen molar-refractivity contribution >= 4 is 11.9 Å². The molecule has 0 aliphatic heterocycles. The topological polar surface area (TPSA) is 46.5 Å². The lowest BCUT2D eigenvalue weighted by atomic mass is 9.97. The summed E-state index contributed by atoms with van der Waals surface area (Å²) >= 11 is 0. The van der Waals surface area contributed by atoms with Gasteiger partial charge in [0.15, 0.2) is 5.78 Å². The Morgan fingerprint density at radius 2 is 2.00 bits per heavy atom. The van der Waals surface area contributed by atoms with Crippen LogP contribution >= 0.6 is 0 Å². The Morgan fingerprint density at radius 3 is 2.53 bits per heavy atom. The van der Waals surface area contributed by atoms with Gasteiger partial charge in [-0.2, -0.15) is 0 Å². The van der Waals surface area contributed by atoms with Crippen molar-refractivity contribution in [2.45, 2.75) is 33.2 Å². The van der Waals surface area contributed by atoms with Crippen LogP contribution in [0.3, 0.4) is 0 Å². The molecule has 0 amide bonds. The molecule has 0 spiro atoms. The molecule has 0 bridgehead atoms. The quantitative estimate of drug-likeness (QED) is 0.429. The minimum Gasteiger partial charge on any atom is -0.294 e. The summed E-state index contributed by atoms with van der Waals surface area (Å²) in [6, 6.07) is 7.23. The van der Waals surface area contributed by atoms with Gasteiger partial charge in [0, 0.05) is 12.0 Å². The van der Waals surface area contributed by atoms with Crippen molar-refractivity contribution in [3.8, 4) is 0 Å². The first kappa shape index (κ1) is 13.3. The van der Waals surface area contributed by atoms with Crippen LogP contribution in [0.2, 0.25) is 0 Å². The number of nitrogens with zero attached hydrogens (tertiary/aromatic N) is 1. The van der Waals surface area contributed by atoms with Crippen molar-refractivity contribution in [3.05, 3.63) is 35.4 Å². The average molecular weight is 231 g/mol. The number of hydrogen-bond acceptors (Lipinski definition) is 3. The first-order chi connectivity index (χ1) is 8.17. The summed E-state index contributed by atoms with van der Waals surface area (Å²) in [5, 5.41) is 0. The Bertz CT molecular complexity index is 416. The molecule has 0 radical (unpaired) electrons. The zero-order valence-corrected chi connectivity index (χ0v) is 10.3. The highest BCUT2D eigenvalue weighted by Crippen LogP contribution is 2.13. The molecular weight excluding hydrogens is 214 g/mol. The number of aliphatic imine (C=N–C) groups is 1. The van der Waals surface area contributed by atoms with E-state index < -0.39 is 0 Å². The molecule has 0 aliphatic carbocycles. The molecular formula is C14H17NO2. The fraction of sp³-hybridized carbons (Fsp3) is 0.429. The van der Waals surface area contributed by atoms with Crippen LogP contribution in [0.25, 0.3) is 0 Å². The van der Waals surface area contributed by atoms with Crippen molar-refractivity contribution in [1.29, 1.82) is 0 Å². The lowest BCUT2D eigenvalue weighted by Gasteiger charge is -2.07. The molecule has 0 aromatic heterocycles. The molecule has 0 fully saturated rings. The van der Waals surface area contributed by atoms with Gasteiger partial charge in [-0.1, -0.05) is 44.5 Å². The predicted octanol–water partition coefficient (Wildman–Crippen LogP) is 3.14. The molecule has 1 unspecified atom stereocenters. The summed E-state index contributed by atoms with van der Waals surface area (Å²) in [6.45, 7) is 4.48. The molecule has 1 rings (SSSR count). The third kappa shape index (κ3) is 4.33. The van der Waals surface area contributed by atoms with Gasteiger partial charge in [0.2, 0.25) is 6.08 Å². The van der Waals surface area contributed by atoms with Crippen LogP contribution in [0.5, 0.6) is 0 Å². The van der Waals surface area contributed by atoms with Crippen LogP contribution in [0.4, 0.5) is 0 Å². The molecule has 17 heavy (non-hydrogen) atoms. The number of hydrogen-bond donors (Lipinski definition) is 0. The predicted molar refractivity (Wildman–Crippen MR) is 66.7 cm³/mol. The number of carbonyl (C=O) groups is 1. The second-order valence-electron chi connectivity index (χ2n) is 4.25. The molecule has 0 N–H and O–H groups in total. The molecule has 90 valence electrons.